The van der Waals surface area contributed by atoms with Gasteiger partial charge in [0.2, 0.25) is 0 Å². The number of nitrogens with zero attached hydrogens (tertiary/aromatic N) is 1. The van der Waals surface area contributed by atoms with E-state index in [0.29, 0.717) is 12.1 Å². The Morgan fingerprint density at radius 1 is 1.20 bits per heavy atom. The molecule has 0 radical (unpaired) electrons. The topological polar surface area (TPSA) is 15.3 Å². The molecule has 0 saturated carbocycles. The molecule has 2 nitrogen and oxygen atoms in total. The number of benzene rings is 1. The minimum atomic E-state index is 0.385. The summed E-state index contributed by atoms with van der Waals surface area (Å²) in [7, 11) is 0. The monoisotopic (exact) mass is 340 g/mol. The molecular formula is C17H29BrN2. The third-order valence-electron chi connectivity index (χ3n) is 3.93. The molecule has 0 heterocycles. The highest BCUT2D eigenvalue weighted by molar-refractivity contribution is 9.10. The van der Waals surface area contributed by atoms with Crippen molar-refractivity contribution in [2.45, 2.75) is 59.5 Å². The molecule has 20 heavy (non-hydrogen) atoms. The van der Waals surface area contributed by atoms with Gasteiger partial charge in [-0.2, -0.15) is 0 Å². The van der Waals surface area contributed by atoms with Gasteiger partial charge in [0.1, 0.15) is 0 Å². The van der Waals surface area contributed by atoms with E-state index < -0.39 is 0 Å². The summed E-state index contributed by atoms with van der Waals surface area (Å²) in [5.41, 5.74) is 2.75. The molecule has 0 aliphatic rings. The summed E-state index contributed by atoms with van der Waals surface area (Å²) in [4.78, 5) is 2.50. The van der Waals surface area contributed by atoms with Crippen LogP contribution in [0.3, 0.4) is 0 Å². The lowest BCUT2D eigenvalue weighted by Crippen LogP contribution is -2.34. The lowest BCUT2D eigenvalue weighted by molar-refractivity contribution is 0.562. The first-order valence-electron chi connectivity index (χ1n) is 7.84. The lowest BCUT2D eigenvalue weighted by atomic mass is 10.0. The van der Waals surface area contributed by atoms with E-state index in [0.717, 1.165) is 24.0 Å². The quantitative estimate of drug-likeness (QED) is 0.705. The Bertz CT molecular complexity index is 406. The third-order valence-corrected chi connectivity index (χ3v) is 4.43. The maximum absolute atomic E-state index is 3.62. The minimum Gasteiger partial charge on any atom is -0.369 e. The van der Waals surface area contributed by atoms with E-state index in [2.05, 4.69) is 79.0 Å². The van der Waals surface area contributed by atoms with E-state index in [1.807, 2.05) is 0 Å². The highest BCUT2D eigenvalue weighted by Crippen LogP contribution is 2.31. The van der Waals surface area contributed by atoms with Crippen molar-refractivity contribution in [1.29, 1.82) is 0 Å². The number of halogens is 1. The van der Waals surface area contributed by atoms with E-state index in [1.165, 1.54) is 17.7 Å². The Balaban J connectivity index is 3.11. The van der Waals surface area contributed by atoms with Crippen molar-refractivity contribution < 1.29 is 0 Å². The van der Waals surface area contributed by atoms with Gasteiger partial charge in [0.05, 0.1) is 0 Å². The van der Waals surface area contributed by atoms with E-state index in [-0.39, 0.29) is 0 Å². The van der Waals surface area contributed by atoms with Crippen LogP contribution in [-0.2, 0) is 0 Å². The van der Waals surface area contributed by atoms with Gasteiger partial charge in [-0.3, -0.25) is 0 Å². The Morgan fingerprint density at radius 2 is 1.90 bits per heavy atom. The Labute approximate surface area is 133 Å². The predicted octanol–water partition coefficient (Wildman–Crippen LogP) is 5.13. The van der Waals surface area contributed by atoms with Crippen LogP contribution in [0.15, 0.2) is 22.7 Å². The normalized spacial score (nSPS) is 14.1. The van der Waals surface area contributed by atoms with Gasteiger partial charge in [0.25, 0.3) is 0 Å². The minimum absolute atomic E-state index is 0.385. The molecule has 0 fully saturated rings. The zero-order valence-corrected chi connectivity index (χ0v) is 15.1. The summed E-state index contributed by atoms with van der Waals surface area (Å²) in [6.07, 6.45) is 2.33. The maximum Gasteiger partial charge on any atom is 0.0428 e. The van der Waals surface area contributed by atoms with Crippen molar-refractivity contribution in [3.63, 3.8) is 0 Å². The molecule has 114 valence electrons. The maximum atomic E-state index is 3.62. The number of rotatable bonds is 8. The molecule has 2 atom stereocenters. The van der Waals surface area contributed by atoms with Gasteiger partial charge in [0.15, 0.2) is 0 Å². The molecule has 0 amide bonds. The van der Waals surface area contributed by atoms with Gasteiger partial charge in [-0.1, -0.05) is 35.8 Å². The molecule has 1 rings (SSSR count). The average Bonchev–Trinajstić information content (AvgIpc) is 2.45. The molecule has 0 aliphatic heterocycles. The fourth-order valence-electron chi connectivity index (χ4n) is 2.54. The van der Waals surface area contributed by atoms with Crippen molar-refractivity contribution in [3.8, 4) is 0 Å². The van der Waals surface area contributed by atoms with Gasteiger partial charge in [-0.15, -0.1) is 0 Å². The average molecular weight is 341 g/mol. The molecule has 0 bridgehead atoms. The SMILES string of the molecule is CCCNC(C)c1ccc(Br)cc1N(CC)C(C)CC. The summed E-state index contributed by atoms with van der Waals surface area (Å²) in [6.45, 7) is 13.4. The Hall–Kier alpha value is -0.540. The second-order valence-electron chi connectivity index (χ2n) is 5.42. The smallest absolute Gasteiger partial charge is 0.0428 e. The summed E-state index contributed by atoms with van der Waals surface area (Å²) >= 11 is 3.62. The van der Waals surface area contributed by atoms with E-state index >= 15 is 0 Å². The Morgan fingerprint density at radius 3 is 2.45 bits per heavy atom. The van der Waals surface area contributed by atoms with Crippen molar-refractivity contribution in [2.75, 3.05) is 18.0 Å². The van der Waals surface area contributed by atoms with Crippen LogP contribution in [0.4, 0.5) is 5.69 Å². The second kappa shape index (κ2) is 8.68. The highest BCUT2D eigenvalue weighted by atomic mass is 79.9. The lowest BCUT2D eigenvalue weighted by Gasteiger charge is -2.33. The second-order valence-corrected chi connectivity index (χ2v) is 6.34. The molecular weight excluding hydrogens is 312 g/mol. The first-order valence-corrected chi connectivity index (χ1v) is 8.63. The fourth-order valence-corrected chi connectivity index (χ4v) is 2.89. The van der Waals surface area contributed by atoms with Crippen molar-refractivity contribution in [1.82, 2.24) is 5.32 Å². The first-order chi connectivity index (χ1) is 9.54. The van der Waals surface area contributed by atoms with Crippen molar-refractivity contribution in [3.05, 3.63) is 28.2 Å². The van der Waals surface area contributed by atoms with Crippen LogP contribution in [0.1, 0.15) is 59.1 Å². The largest absolute Gasteiger partial charge is 0.369 e. The van der Waals surface area contributed by atoms with Gasteiger partial charge >= 0.3 is 0 Å². The first kappa shape index (κ1) is 17.5. The molecule has 1 N–H and O–H groups in total. The molecule has 1 aromatic rings. The van der Waals surface area contributed by atoms with E-state index in [1.54, 1.807) is 0 Å². The molecule has 3 heteroatoms. The van der Waals surface area contributed by atoms with E-state index in [4.69, 9.17) is 0 Å². The molecule has 2 unspecified atom stereocenters. The van der Waals surface area contributed by atoms with Crippen molar-refractivity contribution >= 4 is 21.6 Å². The molecule has 1 aromatic carbocycles. The van der Waals surface area contributed by atoms with Crippen LogP contribution >= 0.6 is 15.9 Å². The number of anilines is 1. The summed E-state index contributed by atoms with van der Waals surface area (Å²) in [5.74, 6) is 0. The van der Waals surface area contributed by atoms with Crippen LogP contribution < -0.4 is 10.2 Å². The number of nitrogens with one attached hydrogen (secondary N) is 1. The Kier molecular flexibility index (Phi) is 7.60. The third kappa shape index (κ3) is 4.49. The highest BCUT2D eigenvalue weighted by Gasteiger charge is 2.18. The molecule has 0 spiro atoms. The number of hydrogen-bond acceptors (Lipinski definition) is 2. The molecule has 0 aromatic heterocycles. The van der Waals surface area contributed by atoms with Crippen LogP contribution in [0.25, 0.3) is 0 Å². The zero-order valence-electron chi connectivity index (χ0n) is 13.5. The number of hydrogen-bond donors (Lipinski definition) is 1. The van der Waals surface area contributed by atoms with Gasteiger partial charge in [0, 0.05) is 28.8 Å². The van der Waals surface area contributed by atoms with Crippen LogP contribution in [0, 0.1) is 0 Å². The summed E-state index contributed by atoms with van der Waals surface area (Å²) in [5, 5.41) is 3.60. The standard InChI is InChI=1S/C17H29BrN2/c1-6-11-19-14(5)16-10-9-15(18)12-17(16)20(8-3)13(4)7-2/h9-10,12-14,19H,6-8,11H2,1-5H3. The predicted molar refractivity (Wildman–Crippen MR) is 93.6 cm³/mol. The van der Waals surface area contributed by atoms with E-state index in [9.17, 15) is 0 Å². The fraction of sp³-hybridized carbons (Fsp3) is 0.647. The molecule has 0 aliphatic carbocycles. The zero-order chi connectivity index (χ0) is 15.1. The summed E-state index contributed by atoms with van der Waals surface area (Å²) < 4.78 is 1.15. The van der Waals surface area contributed by atoms with Crippen LogP contribution in [0.5, 0.6) is 0 Å². The summed E-state index contributed by atoms with van der Waals surface area (Å²) in [6, 6.07) is 7.60. The van der Waals surface area contributed by atoms with Crippen LogP contribution in [0.2, 0.25) is 0 Å². The van der Waals surface area contributed by atoms with Crippen LogP contribution in [-0.4, -0.2) is 19.1 Å². The van der Waals surface area contributed by atoms with Gasteiger partial charge in [-0.05, 0) is 57.9 Å². The van der Waals surface area contributed by atoms with Crippen molar-refractivity contribution in [2.24, 2.45) is 0 Å². The van der Waals surface area contributed by atoms with Gasteiger partial charge < -0.3 is 10.2 Å². The van der Waals surface area contributed by atoms with Gasteiger partial charge in [-0.25, -0.2) is 0 Å². The molecule has 0 saturated heterocycles.